The maximum atomic E-state index is 14.8. The Kier molecular flexibility index (Phi) is 6.03. The van der Waals surface area contributed by atoms with Crippen LogP contribution in [0.2, 0.25) is 0 Å². The highest BCUT2D eigenvalue weighted by Crippen LogP contribution is 2.33. The second-order valence-electron chi connectivity index (χ2n) is 8.72. The maximum Gasteiger partial charge on any atom is 0.414 e. The van der Waals surface area contributed by atoms with Crippen molar-refractivity contribution in [2.24, 2.45) is 0 Å². The van der Waals surface area contributed by atoms with Crippen molar-refractivity contribution in [3.8, 4) is 0 Å². The molecule has 2 heterocycles. The number of halogens is 1. The van der Waals surface area contributed by atoms with Crippen molar-refractivity contribution in [1.29, 1.82) is 0 Å². The van der Waals surface area contributed by atoms with Crippen LogP contribution in [0, 0.1) is 5.82 Å². The van der Waals surface area contributed by atoms with Gasteiger partial charge in [-0.05, 0) is 64.2 Å². The fraction of sp³-hybridized carbons (Fsp3) is 0.619. The molecule has 3 rings (SSSR count). The monoisotopic (exact) mass is 408 g/mol. The van der Waals surface area contributed by atoms with Gasteiger partial charge in [0, 0.05) is 13.1 Å². The molecular weight excluding hydrogens is 379 g/mol. The minimum atomic E-state index is -0.789. The molecule has 0 spiro atoms. The number of nitrogens with zero attached hydrogens (tertiary/aromatic N) is 2. The van der Waals surface area contributed by atoms with Gasteiger partial charge >= 0.3 is 12.2 Å². The Hall–Kier alpha value is -2.35. The lowest BCUT2D eigenvalue weighted by molar-refractivity contribution is 0.0204. The van der Waals surface area contributed by atoms with Gasteiger partial charge < -0.3 is 19.5 Å². The molecule has 0 radical (unpaired) electrons. The van der Waals surface area contributed by atoms with Crippen molar-refractivity contribution in [1.82, 2.24) is 4.90 Å². The lowest BCUT2D eigenvalue weighted by Gasteiger charge is -2.33. The zero-order valence-electron chi connectivity index (χ0n) is 17.4. The molecule has 2 atom stereocenters. The standard InChI is InChI=1S/C21H29FN2O5/c1-13(25)18-12-24(20(27)28-18)15-5-6-16(17(22)11-15)14-7-9-23(10-8-14)19(26)29-21(2,3)4/h5-6,11,13-14,18,25H,7-10,12H2,1-4H3. The smallest absolute Gasteiger partial charge is 0.414 e. The van der Waals surface area contributed by atoms with E-state index >= 15 is 0 Å². The Morgan fingerprint density at radius 2 is 1.97 bits per heavy atom. The molecule has 1 aromatic rings. The quantitative estimate of drug-likeness (QED) is 0.826. The van der Waals surface area contributed by atoms with Gasteiger partial charge in [0.25, 0.3) is 0 Å². The van der Waals surface area contributed by atoms with Gasteiger partial charge in [0.15, 0.2) is 0 Å². The van der Waals surface area contributed by atoms with Crippen LogP contribution in [0.15, 0.2) is 18.2 Å². The topological polar surface area (TPSA) is 79.3 Å². The average Bonchev–Trinajstić information content (AvgIpc) is 3.02. The van der Waals surface area contributed by atoms with E-state index in [1.807, 2.05) is 20.8 Å². The van der Waals surface area contributed by atoms with Crippen LogP contribution in [0.1, 0.15) is 52.0 Å². The number of ether oxygens (including phenoxy) is 2. The van der Waals surface area contributed by atoms with E-state index in [1.54, 1.807) is 24.0 Å². The van der Waals surface area contributed by atoms with Crippen LogP contribution >= 0.6 is 0 Å². The largest absolute Gasteiger partial charge is 0.444 e. The molecule has 8 heteroatoms. The fourth-order valence-corrected chi connectivity index (χ4v) is 3.66. The summed E-state index contributed by atoms with van der Waals surface area (Å²) in [5, 5.41) is 9.61. The van der Waals surface area contributed by atoms with Gasteiger partial charge in [-0.15, -0.1) is 0 Å². The third kappa shape index (κ3) is 4.98. The number of likely N-dealkylation sites (tertiary alicyclic amines) is 1. The first-order valence-electron chi connectivity index (χ1n) is 9.99. The van der Waals surface area contributed by atoms with Gasteiger partial charge in [-0.1, -0.05) is 6.07 Å². The van der Waals surface area contributed by atoms with E-state index in [0.29, 0.717) is 37.2 Å². The first-order chi connectivity index (χ1) is 13.5. The molecule has 7 nitrogen and oxygen atoms in total. The van der Waals surface area contributed by atoms with Crippen LogP contribution in [-0.2, 0) is 9.47 Å². The predicted octanol–water partition coefficient (Wildman–Crippen LogP) is 3.65. The van der Waals surface area contributed by atoms with Gasteiger partial charge in [0.1, 0.15) is 17.5 Å². The van der Waals surface area contributed by atoms with E-state index < -0.39 is 23.9 Å². The Morgan fingerprint density at radius 1 is 1.31 bits per heavy atom. The van der Waals surface area contributed by atoms with Crippen LogP contribution in [0.3, 0.4) is 0 Å². The highest BCUT2D eigenvalue weighted by Gasteiger charge is 2.36. The number of carbonyl (C=O) groups excluding carboxylic acids is 2. The molecular formula is C21H29FN2O5. The second kappa shape index (κ2) is 8.18. The summed E-state index contributed by atoms with van der Waals surface area (Å²) in [6, 6.07) is 4.73. The highest BCUT2D eigenvalue weighted by molar-refractivity contribution is 5.89. The van der Waals surface area contributed by atoms with Gasteiger partial charge in [0.2, 0.25) is 0 Å². The maximum absolute atomic E-state index is 14.8. The van der Waals surface area contributed by atoms with Crippen LogP contribution in [-0.4, -0.2) is 59.6 Å². The molecule has 2 saturated heterocycles. The average molecular weight is 408 g/mol. The van der Waals surface area contributed by atoms with Gasteiger partial charge in [0.05, 0.1) is 18.3 Å². The summed E-state index contributed by atoms with van der Waals surface area (Å²) in [4.78, 5) is 27.2. The third-order valence-corrected chi connectivity index (χ3v) is 5.26. The first-order valence-corrected chi connectivity index (χ1v) is 9.99. The highest BCUT2D eigenvalue weighted by atomic mass is 19.1. The number of cyclic esters (lactones) is 1. The number of aliphatic hydroxyl groups is 1. The molecule has 1 N–H and O–H groups in total. The van der Waals surface area contributed by atoms with Crippen molar-refractivity contribution in [2.45, 2.75) is 64.3 Å². The first kappa shape index (κ1) is 21.4. The Bertz CT molecular complexity index is 769. The molecule has 2 amide bonds. The molecule has 160 valence electrons. The Morgan fingerprint density at radius 3 is 2.48 bits per heavy atom. The normalized spacial score (nSPS) is 21.9. The molecule has 0 aromatic heterocycles. The molecule has 2 unspecified atom stereocenters. The van der Waals surface area contributed by atoms with Crippen LogP contribution < -0.4 is 4.90 Å². The summed E-state index contributed by atoms with van der Waals surface area (Å²) in [7, 11) is 0. The molecule has 0 saturated carbocycles. The van der Waals surface area contributed by atoms with E-state index in [0.717, 1.165) is 0 Å². The van der Waals surface area contributed by atoms with Gasteiger partial charge in [-0.3, -0.25) is 4.90 Å². The number of piperidine rings is 1. The third-order valence-electron chi connectivity index (χ3n) is 5.26. The van der Waals surface area contributed by atoms with E-state index in [4.69, 9.17) is 9.47 Å². The lowest BCUT2D eigenvalue weighted by Crippen LogP contribution is -2.41. The Balaban J connectivity index is 1.63. The van der Waals surface area contributed by atoms with E-state index in [2.05, 4.69) is 0 Å². The number of rotatable bonds is 3. The number of aliphatic hydroxyl groups excluding tert-OH is 1. The van der Waals surface area contributed by atoms with Crippen molar-refractivity contribution in [3.63, 3.8) is 0 Å². The van der Waals surface area contributed by atoms with Crippen molar-refractivity contribution < 1.29 is 28.6 Å². The number of benzene rings is 1. The van der Waals surface area contributed by atoms with Gasteiger partial charge in [-0.25, -0.2) is 14.0 Å². The van der Waals surface area contributed by atoms with E-state index in [9.17, 15) is 19.1 Å². The summed E-state index contributed by atoms with van der Waals surface area (Å²) >= 11 is 0. The minimum Gasteiger partial charge on any atom is -0.444 e. The van der Waals surface area contributed by atoms with Crippen LogP contribution in [0.5, 0.6) is 0 Å². The van der Waals surface area contributed by atoms with Crippen LogP contribution in [0.4, 0.5) is 19.7 Å². The SMILES string of the molecule is CC(O)C1CN(c2ccc(C3CCN(C(=O)OC(C)(C)C)CC3)c(F)c2)C(=O)O1. The zero-order valence-corrected chi connectivity index (χ0v) is 17.4. The molecule has 2 fully saturated rings. The predicted molar refractivity (Wildman–Crippen MR) is 105 cm³/mol. The molecule has 2 aliphatic rings. The van der Waals surface area contributed by atoms with Crippen molar-refractivity contribution in [3.05, 3.63) is 29.6 Å². The minimum absolute atomic E-state index is 0.00141. The van der Waals surface area contributed by atoms with Gasteiger partial charge in [-0.2, -0.15) is 0 Å². The summed E-state index contributed by atoms with van der Waals surface area (Å²) in [6.45, 7) is 8.24. The number of anilines is 1. The summed E-state index contributed by atoms with van der Waals surface area (Å²) in [5.74, 6) is -0.384. The number of hydrogen-bond acceptors (Lipinski definition) is 5. The zero-order chi connectivity index (χ0) is 21.3. The van der Waals surface area contributed by atoms with Crippen molar-refractivity contribution >= 4 is 17.9 Å². The Labute approximate surface area is 170 Å². The van der Waals surface area contributed by atoms with E-state index in [1.165, 1.54) is 11.0 Å². The molecule has 29 heavy (non-hydrogen) atoms. The number of amides is 2. The summed E-state index contributed by atoms with van der Waals surface area (Å²) < 4.78 is 25.3. The van der Waals surface area contributed by atoms with Crippen molar-refractivity contribution in [2.75, 3.05) is 24.5 Å². The van der Waals surface area contributed by atoms with Crippen LogP contribution in [0.25, 0.3) is 0 Å². The molecule has 0 aliphatic carbocycles. The molecule has 2 aliphatic heterocycles. The van der Waals surface area contributed by atoms with E-state index in [-0.39, 0.29) is 24.4 Å². The summed E-state index contributed by atoms with van der Waals surface area (Å²) in [5.41, 5.74) is 0.446. The second-order valence-corrected chi connectivity index (χ2v) is 8.72. The fourth-order valence-electron chi connectivity index (χ4n) is 3.66. The molecule has 0 bridgehead atoms. The number of carbonyl (C=O) groups is 2. The number of hydrogen-bond donors (Lipinski definition) is 1. The molecule has 1 aromatic carbocycles. The lowest BCUT2D eigenvalue weighted by atomic mass is 9.89. The summed E-state index contributed by atoms with van der Waals surface area (Å²) in [6.07, 6.45) is -1.05.